The number of fused-ring (bicyclic) bond motifs is 1. The average Bonchev–Trinajstić information content (AvgIpc) is 3.55. The summed E-state index contributed by atoms with van der Waals surface area (Å²) in [5.74, 6) is 0.408. The first kappa shape index (κ1) is 23.2. The van der Waals surface area contributed by atoms with E-state index in [1.165, 1.54) is 6.07 Å². The number of hydrogen-bond donors (Lipinski definition) is 1. The highest BCUT2D eigenvalue weighted by atomic mass is 32.2. The lowest BCUT2D eigenvalue weighted by Gasteiger charge is -2.21. The maximum atomic E-state index is 14.7. The number of hydrogen-bond acceptors (Lipinski definition) is 4. The molecule has 1 N–H and O–H groups in total. The molecule has 1 atom stereocenters. The number of anilines is 1. The van der Waals surface area contributed by atoms with Gasteiger partial charge in [0.05, 0.1) is 21.5 Å². The molecule has 3 aromatic rings. The van der Waals surface area contributed by atoms with Crippen LogP contribution in [0.15, 0.2) is 30.5 Å². The monoisotopic (exact) mass is 468 g/mol. The minimum atomic E-state index is -3.61. The van der Waals surface area contributed by atoms with Gasteiger partial charge in [-0.25, -0.2) is 17.8 Å². The van der Waals surface area contributed by atoms with Crippen LogP contribution >= 0.6 is 0 Å². The van der Waals surface area contributed by atoms with E-state index in [0.717, 1.165) is 18.4 Å². The fourth-order valence-corrected chi connectivity index (χ4v) is 4.84. The summed E-state index contributed by atoms with van der Waals surface area (Å²) in [5.41, 5.74) is 3.25. The molecule has 8 heteroatoms. The van der Waals surface area contributed by atoms with Crippen LogP contribution < -0.4 is 4.72 Å². The first-order valence-electron chi connectivity index (χ1n) is 11.2. The van der Waals surface area contributed by atoms with Gasteiger partial charge in [0.2, 0.25) is 10.0 Å². The quantitative estimate of drug-likeness (QED) is 0.496. The van der Waals surface area contributed by atoms with Crippen molar-refractivity contribution < 1.29 is 12.8 Å². The molecule has 1 fully saturated rings. The number of benzene rings is 1. The third kappa shape index (κ3) is 4.10. The molecule has 1 aromatic carbocycles. The van der Waals surface area contributed by atoms with E-state index in [1.807, 2.05) is 13.0 Å². The van der Waals surface area contributed by atoms with Crippen molar-refractivity contribution in [3.63, 3.8) is 0 Å². The summed E-state index contributed by atoms with van der Waals surface area (Å²) in [6.07, 6.45) is 4.38. The fourth-order valence-electron chi connectivity index (χ4n) is 4.14. The molecule has 0 spiro atoms. The Labute approximate surface area is 194 Å². The van der Waals surface area contributed by atoms with Crippen molar-refractivity contribution in [2.24, 2.45) is 5.92 Å². The van der Waals surface area contributed by atoms with Gasteiger partial charge in [-0.05, 0) is 82.7 Å². The van der Waals surface area contributed by atoms with Crippen LogP contribution in [-0.4, -0.2) is 22.7 Å². The Morgan fingerprint density at radius 2 is 2.00 bits per heavy atom. The van der Waals surface area contributed by atoms with Crippen molar-refractivity contribution in [3.05, 3.63) is 47.4 Å². The van der Waals surface area contributed by atoms with Crippen molar-refractivity contribution in [2.45, 2.75) is 64.7 Å². The number of nitrogens with zero attached hydrogens (tertiary/aromatic N) is 3. The number of nitrogens with one attached hydrogen (secondary N) is 1. The molecule has 0 unspecified atom stereocenters. The minimum absolute atomic E-state index is 0.138. The lowest BCUT2D eigenvalue weighted by atomic mass is 10.1. The number of pyridine rings is 1. The van der Waals surface area contributed by atoms with E-state index in [2.05, 4.69) is 27.3 Å². The van der Waals surface area contributed by atoms with Crippen LogP contribution in [0.4, 0.5) is 10.2 Å². The highest BCUT2D eigenvalue weighted by Crippen LogP contribution is 2.45. The average molecular weight is 469 g/mol. The van der Waals surface area contributed by atoms with E-state index >= 15 is 0 Å². The first-order chi connectivity index (χ1) is 15.5. The summed E-state index contributed by atoms with van der Waals surface area (Å²) >= 11 is 0. The Morgan fingerprint density at radius 1 is 1.30 bits per heavy atom. The van der Waals surface area contributed by atoms with E-state index in [0.29, 0.717) is 40.1 Å². The zero-order valence-corrected chi connectivity index (χ0v) is 20.4. The summed E-state index contributed by atoms with van der Waals surface area (Å²) in [5, 5.41) is 10.6. The van der Waals surface area contributed by atoms with E-state index in [9.17, 15) is 18.1 Å². The molecule has 33 heavy (non-hydrogen) atoms. The van der Waals surface area contributed by atoms with Crippen molar-refractivity contribution in [1.82, 2.24) is 9.55 Å². The number of aromatic nitrogens is 2. The van der Waals surface area contributed by atoms with Gasteiger partial charge in [-0.3, -0.25) is 4.72 Å². The van der Waals surface area contributed by atoms with Crippen molar-refractivity contribution in [1.29, 1.82) is 5.26 Å². The molecule has 1 aliphatic carbocycles. The predicted molar refractivity (Wildman–Crippen MR) is 129 cm³/mol. The van der Waals surface area contributed by atoms with Gasteiger partial charge in [0.15, 0.2) is 0 Å². The minimum Gasteiger partial charge on any atom is -0.336 e. The SMILES string of the molecule is CCc1cc2c(cc1F)c(C#N)c(-c1ccc(NS(=O)(=O)C(C)(C)C)nc1)n2[C@@H](C)C1CC1. The predicted octanol–water partition coefficient (Wildman–Crippen LogP) is 5.79. The standard InChI is InChI=1S/C25H29FN4O2S/c1-6-16-11-22-19(12-21(16)26)20(13-27)24(30(22)15(2)17-7-8-17)18-9-10-23(28-14-18)29-33(31,32)25(3,4)5/h9-12,14-15,17H,6-8H2,1-5H3,(H,28,29)/t15-/m0/s1. The molecular formula is C25H29FN4O2S. The number of nitriles is 1. The maximum absolute atomic E-state index is 14.7. The smallest absolute Gasteiger partial charge is 0.238 e. The Bertz CT molecular complexity index is 1360. The van der Waals surface area contributed by atoms with Gasteiger partial charge in [-0.15, -0.1) is 0 Å². The van der Waals surface area contributed by atoms with Gasteiger partial charge in [0, 0.05) is 23.2 Å². The van der Waals surface area contributed by atoms with Gasteiger partial charge < -0.3 is 4.57 Å². The molecule has 0 bridgehead atoms. The topological polar surface area (TPSA) is 87.8 Å². The van der Waals surface area contributed by atoms with Crippen LogP contribution in [-0.2, 0) is 16.4 Å². The lowest BCUT2D eigenvalue weighted by Crippen LogP contribution is -2.33. The molecular weight excluding hydrogens is 439 g/mol. The number of sulfonamides is 1. The molecule has 0 saturated heterocycles. The van der Waals surface area contributed by atoms with E-state index in [-0.39, 0.29) is 17.7 Å². The summed E-state index contributed by atoms with van der Waals surface area (Å²) in [6, 6.07) is 9.10. The van der Waals surface area contributed by atoms with E-state index in [4.69, 9.17) is 0 Å². The number of aryl methyl sites for hydroxylation is 1. The van der Waals surface area contributed by atoms with Crippen LogP contribution in [0.3, 0.4) is 0 Å². The van der Waals surface area contributed by atoms with Crippen molar-refractivity contribution >= 4 is 26.7 Å². The Morgan fingerprint density at radius 3 is 2.52 bits per heavy atom. The van der Waals surface area contributed by atoms with Crippen molar-refractivity contribution in [3.8, 4) is 17.3 Å². The summed E-state index contributed by atoms with van der Waals surface area (Å²) in [6.45, 7) is 8.89. The van der Waals surface area contributed by atoms with Crippen LogP contribution in [0.1, 0.15) is 64.6 Å². The Hall–Kier alpha value is -2.92. The van der Waals surface area contributed by atoms with Crippen molar-refractivity contribution in [2.75, 3.05) is 4.72 Å². The van der Waals surface area contributed by atoms with Crippen LogP contribution in [0, 0.1) is 23.1 Å². The summed E-state index contributed by atoms with van der Waals surface area (Å²) < 4.78 is 43.3. The Balaban J connectivity index is 1.88. The number of halogens is 1. The highest BCUT2D eigenvalue weighted by molar-refractivity contribution is 7.94. The van der Waals surface area contributed by atoms with E-state index < -0.39 is 14.8 Å². The molecule has 1 aliphatic rings. The molecule has 174 valence electrons. The lowest BCUT2D eigenvalue weighted by molar-refractivity contribution is 0.504. The van der Waals surface area contributed by atoms with Gasteiger partial charge in [-0.1, -0.05) is 6.92 Å². The summed E-state index contributed by atoms with van der Waals surface area (Å²) in [7, 11) is -3.61. The van der Waals surface area contributed by atoms with Crippen LogP contribution in [0.25, 0.3) is 22.2 Å². The van der Waals surface area contributed by atoms with Gasteiger partial charge in [-0.2, -0.15) is 5.26 Å². The van der Waals surface area contributed by atoms with Gasteiger partial charge in [0.1, 0.15) is 17.7 Å². The zero-order chi connectivity index (χ0) is 24.1. The Kier molecular flexibility index (Phi) is 5.73. The van der Waals surface area contributed by atoms with Crippen LogP contribution in [0.5, 0.6) is 0 Å². The molecule has 4 rings (SSSR count). The molecule has 6 nitrogen and oxygen atoms in total. The van der Waals surface area contributed by atoms with Crippen LogP contribution in [0.2, 0.25) is 0 Å². The number of rotatable bonds is 6. The molecule has 2 heterocycles. The molecule has 0 radical (unpaired) electrons. The van der Waals surface area contributed by atoms with E-state index in [1.54, 1.807) is 39.1 Å². The summed E-state index contributed by atoms with van der Waals surface area (Å²) in [4.78, 5) is 4.32. The third-order valence-electron chi connectivity index (χ3n) is 6.46. The second-order valence-electron chi connectivity index (χ2n) is 9.75. The van der Waals surface area contributed by atoms with Gasteiger partial charge >= 0.3 is 0 Å². The molecule has 0 amide bonds. The zero-order valence-electron chi connectivity index (χ0n) is 19.6. The first-order valence-corrected chi connectivity index (χ1v) is 12.7. The normalized spacial score (nSPS) is 15.4. The largest absolute Gasteiger partial charge is 0.336 e. The molecule has 2 aromatic heterocycles. The van der Waals surface area contributed by atoms with Gasteiger partial charge in [0.25, 0.3) is 0 Å². The second-order valence-corrected chi connectivity index (χ2v) is 12.2. The molecule has 1 saturated carbocycles. The highest BCUT2D eigenvalue weighted by Gasteiger charge is 2.33. The maximum Gasteiger partial charge on any atom is 0.238 e. The fraction of sp³-hybridized carbons (Fsp3) is 0.440. The third-order valence-corrected chi connectivity index (χ3v) is 8.55. The second kappa shape index (κ2) is 8.14. The molecule has 0 aliphatic heterocycles.